The molecular weight excluding hydrogens is 340 g/mol. The Morgan fingerprint density at radius 3 is 2.77 bits per heavy atom. The number of halogens is 2. The minimum absolute atomic E-state index is 0.0241. The summed E-state index contributed by atoms with van der Waals surface area (Å²) in [5.41, 5.74) is 0.153. The number of amides is 1. The molecule has 2 fully saturated rings. The number of hydrogen-bond donors (Lipinski definition) is 2. The lowest BCUT2D eigenvalue weighted by molar-refractivity contribution is -0.122. The van der Waals surface area contributed by atoms with E-state index in [0.29, 0.717) is 24.4 Å². The third-order valence-electron chi connectivity index (χ3n) is 5.15. The maximum absolute atomic E-state index is 13.8. The minimum Gasteiger partial charge on any atom is -0.441 e. The molecule has 0 spiro atoms. The second-order valence-electron chi connectivity index (χ2n) is 7.12. The van der Waals surface area contributed by atoms with Crippen LogP contribution in [0.5, 0.6) is 0 Å². The molecule has 138 valence electrons. The molecule has 2 bridgehead atoms. The fourth-order valence-electron chi connectivity index (χ4n) is 3.94. The van der Waals surface area contributed by atoms with Gasteiger partial charge in [0.2, 0.25) is 5.91 Å². The van der Waals surface area contributed by atoms with E-state index in [1.54, 1.807) is 0 Å². The quantitative estimate of drug-likeness (QED) is 0.859. The number of piperidine rings is 1. The number of oxazole rings is 1. The van der Waals surface area contributed by atoms with Gasteiger partial charge in [-0.2, -0.15) is 0 Å². The Morgan fingerprint density at radius 2 is 2.04 bits per heavy atom. The highest BCUT2D eigenvalue weighted by Crippen LogP contribution is 2.27. The van der Waals surface area contributed by atoms with E-state index in [1.807, 2.05) is 0 Å². The lowest BCUT2D eigenvalue weighted by Crippen LogP contribution is -2.48. The third kappa shape index (κ3) is 3.77. The number of fused-ring (bicyclic) bond motifs is 2. The summed E-state index contributed by atoms with van der Waals surface area (Å²) in [6.07, 6.45) is 6.35. The second-order valence-corrected chi connectivity index (χ2v) is 7.12. The van der Waals surface area contributed by atoms with Gasteiger partial charge in [0.1, 0.15) is 11.6 Å². The zero-order valence-corrected chi connectivity index (χ0v) is 14.3. The van der Waals surface area contributed by atoms with Gasteiger partial charge in [0.05, 0.1) is 11.8 Å². The maximum atomic E-state index is 13.8. The molecule has 3 heterocycles. The van der Waals surface area contributed by atoms with Crippen LogP contribution in [0.3, 0.4) is 0 Å². The molecule has 1 amide bonds. The van der Waals surface area contributed by atoms with Crippen LogP contribution in [0.4, 0.5) is 8.78 Å². The average Bonchev–Trinajstić information content (AvgIpc) is 3.19. The highest BCUT2D eigenvalue weighted by molar-refractivity contribution is 5.76. The summed E-state index contributed by atoms with van der Waals surface area (Å²) in [6, 6.07) is 4.57. The first-order valence-electron chi connectivity index (χ1n) is 9.02. The lowest BCUT2D eigenvalue weighted by atomic mass is 9.99. The van der Waals surface area contributed by atoms with Crippen LogP contribution in [0, 0.1) is 11.6 Å². The molecule has 2 aliphatic heterocycles. The molecule has 26 heavy (non-hydrogen) atoms. The molecule has 2 unspecified atom stereocenters. The van der Waals surface area contributed by atoms with Crippen LogP contribution in [0.15, 0.2) is 28.8 Å². The van der Waals surface area contributed by atoms with Gasteiger partial charge in [0, 0.05) is 37.0 Å². The van der Waals surface area contributed by atoms with Crippen LogP contribution in [0.1, 0.15) is 38.0 Å². The number of benzene rings is 1. The Balaban J connectivity index is 1.31. The standard InChI is InChI=1S/C19H21F2N3O2/c20-11-1-4-15(16(21)7-11)17-10-22-19(26-17)6-5-18(25)24-14-8-12-2-3-13(9-14)23-12/h1,4,7,10,12-14,23H,2-3,5-6,8-9H2,(H,24,25). The number of rotatable bonds is 5. The predicted molar refractivity (Wildman–Crippen MR) is 91.3 cm³/mol. The van der Waals surface area contributed by atoms with E-state index in [0.717, 1.165) is 18.9 Å². The van der Waals surface area contributed by atoms with Crippen molar-refractivity contribution < 1.29 is 18.0 Å². The SMILES string of the molecule is O=C(CCc1ncc(-c2ccc(F)cc2F)o1)NC1CC2CCC(C1)N2. The number of nitrogens with one attached hydrogen (secondary N) is 2. The van der Waals surface area contributed by atoms with Gasteiger partial charge in [0.15, 0.2) is 11.7 Å². The van der Waals surface area contributed by atoms with E-state index in [1.165, 1.54) is 31.2 Å². The Labute approximate surface area is 150 Å². The number of hydrogen-bond acceptors (Lipinski definition) is 4. The van der Waals surface area contributed by atoms with Crippen LogP contribution in [0.25, 0.3) is 11.3 Å². The first kappa shape index (κ1) is 17.1. The van der Waals surface area contributed by atoms with Crippen molar-refractivity contribution in [1.29, 1.82) is 0 Å². The third-order valence-corrected chi connectivity index (χ3v) is 5.15. The van der Waals surface area contributed by atoms with Gasteiger partial charge in [-0.15, -0.1) is 0 Å². The van der Waals surface area contributed by atoms with E-state index < -0.39 is 11.6 Å². The van der Waals surface area contributed by atoms with E-state index >= 15 is 0 Å². The van der Waals surface area contributed by atoms with Crippen molar-refractivity contribution in [1.82, 2.24) is 15.6 Å². The summed E-state index contributed by atoms with van der Waals surface area (Å²) >= 11 is 0. The zero-order valence-electron chi connectivity index (χ0n) is 14.3. The van der Waals surface area contributed by atoms with Gasteiger partial charge in [0.25, 0.3) is 0 Å². The largest absolute Gasteiger partial charge is 0.441 e. The van der Waals surface area contributed by atoms with Crippen molar-refractivity contribution >= 4 is 5.91 Å². The zero-order chi connectivity index (χ0) is 18.1. The number of aromatic nitrogens is 1. The van der Waals surface area contributed by atoms with E-state index in [9.17, 15) is 13.6 Å². The Hall–Kier alpha value is -2.28. The summed E-state index contributed by atoms with van der Waals surface area (Å²) in [5.74, 6) is -0.777. The summed E-state index contributed by atoms with van der Waals surface area (Å²) in [7, 11) is 0. The normalized spacial score (nSPS) is 24.6. The number of aryl methyl sites for hydroxylation is 1. The highest BCUT2D eigenvalue weighted by atomic mass is 19.1. The highest BCUT2D eigenvalue weighted by Gasteiger charge is 2.33. The van der Waals surface area contributed by atoms with Crippen LogP contribution >= 0.6 is 0 Å². The Morgan fingerprint density at radius 1 is 1.27 bits per heavy atom. The van der Waals surface area contributed by atoms with E-state index in [4.69, 9.17) is 4.42 Å². The van der Waals surface area contributed by atoms with E-state index in [-0.39, 0.29) is 29.7 Å². The van der Waals surface area contributed by atoms with Gasteiger partial charge in [-0.05, 0) is 37.8 Å². The van der Waals surface area contributed by atoms with Crippen LogP contribution < -0.4 is 10.6 Å². The smallest absolute Gasteiger partial charge is 0.220 e. The second kappa shape index (κ2) is 7.15. The molecule has 0 aliphatic carbocycles. The Bertz CT molecular complexity index is 796. The monoisotopic (exact) mass is 361 g/mol. The Kier molecular flexibility index (Phi) is 4.72. The van der Waals surface area contributed by atoms with Crippen molar-refractivity contribution in [3.05, 3.63) is 41.9 Å². The fraction of sp³-hybridized carbons (Fsp3) is 0.474. The summed E-state index contributed by atoms with van der Waals surface area (Å²) in [5, 5.41) is 6.64. The summed E-state index contributed by atoms with van der Waals surface area (Å²) in [6.45, 7) is 0. The van der Waals surface area contributed by atoms with Crippen LogP contribution in [0.2, 0.25) is 0 Å². The molecular formula is C19H21F2N3O2. The summed E-state index contributed by atoms with van der Waals surface area (Å²) in [4.78, 5) is 16.3. The molecule has 2 atom stereocenters. The van der Waals surface area contributed by atoms with Crippen LogP contribution in [-0.2, 0) is 11.2 Å². The van der Waals surface area contributed by atoms with Gasteiger partial charge < -0.3 is 15.1 Å². The molecule has 7 heteroatoms. The van der Waals surface area contributed by atoms with Crippen molar-refractivity contribution in [3.63, 3.8) is 0 Å². The molecule has 0 saturated carbocycles. The lowest BCUT2D eigenvalue weighted by Gasteiger charge is -2.29. The minimum atomic E-state index is -0.703. The number of nitrogens with zero attached hydrogens (tertiary/aromatic N) is 1. The average molecular weight is 361 g/mol. The van der Waals surface area contributed by atoms with E-state index in [2.05, 4.69) is 15.6 Å². The van der Waals surface area contributed by atoms with Crippen molar-refractivity contribution in [2.45, 2.75) is 56.7 Å². The van der Waals surface area contributed by atoms with Gasteiger partial charge in [-0.1, -0.05) is 0 Å². The topological polar surface area (TPSA) is 67.2 Å². The summed E-state index contributed by atoms with van der Waals surface area (Å²) < 4.78 is 32.3. The first-order valence-corrected chi connectivity index (χ1v) is 9.02. The first-order chi connectivity index (χ1) is 12.6. The number of carbonyl (C=O) groups excluding carboxylic acids is 1. The van der Waals surface area contributed by atoms with Gasteiger partial charge in [-0.25, -0.2) is 13.8 Å². The molecule has 4 rings (SSSR count). The molecule has 5 nitrogen and oxygen atoms in total. The van der Waals surface area contributed by atoms with Crippen molar-refractivity contribution in [2.24, 2.45) is 0 Å². The molecule has 2 N–H and O–H groups in total. The number of carbonyl (C=O) groups is 1. The van der Waals surface area contributed by atoms with Crippen molar-refractivity contribution in [2.75, 3.05) is 0 Å². The molecule has 0 radical (unpaired) electrons. The molecule has 1 aromatic heterocycles. The predicted octanol–water partition coefficient (Wildman–Crippen LogP) is 2.95. The molecule has 1 aromatic carbocycles. The van der Waals surface area contributed by atoms with Crippen LogP contribution in [-0.4, -0.2) is 29.0 Å². The molecule has 2 aliphatic rings. The van der Waals surface area contributed by atoms with Gasteiger partial charge in [-0.3, -0.25) is 4.79 Å². The fourth-order valence-corrected chi connectivity index (χ4v) is 3.94. The molecule has 2 aromatic rings. The molecule has 2 saturated heterocycles. The van der Waals surface area contributed by atoms with Crippen molar-refractivity contribution in [3.8, 4) is 11.3 Å². The van der Waals surface area contributed by atoms with Gasteiger partial charge >= 0.3 is 0 Å². The maximum Gasteiger partial charge on any atom is 0.220 e.